The molecule has 0 saturated heterocycles. The number of nitrogens with one attached hydrogen (secondary N) is 2. The molecule has 2 atom stereocenters. The van der Waals surface area contributed by atoms with Crippen LogP contribution >= 0.6 is 0 Å². The Morgan fingerprint density at radius 3 is 2.58 bits per heavy atom. The smallest absolute Gasteiger partial charge is 0.273 e. The summed E-state index contributed by atoms with van der Waals surface area (Å²) in [6.45, 7) is 7.30. The first-order valence-corrected chi connectivity index (χ1v) is 11.9. The predicted octanol–water partition coefficient (Wildman–Crippen LogP) is 4.20. The second-order valence-electron chi connectivity index (χ2n) is 9.67. The van der Waals surface area contributed by atoms with Gasteiger partial charge in [0.15, 0.2) is 0 Å². The van der Waals surface area contributed by atoms with E-state index < -0.39 is 11.4 Å². The molecule has 3 amide bonds. The molecule has 178 valence electrons. The molecule has 4 rings (SSSR count). The molecule has 2 N–H and O–H groups in total. The van der Waals surface area contributed by atoms with Crippen molar-refractivity contribution in [3.05, 3.63) is 29.7 Å². The van der Waals surface area contributed by atoms with Gasteiger partial charge in [0.25, 0.3) is 5.91 Å². The summed E-state index contributed by atoms with van der Waals surface area (Å²) in [4.78, 5) is 41.3. The second-order valence-corrected chi connectivity index (χ2v) is 9.67. The van der Waals surface area contributed by atoms with Gasteiger partial charge in [-0.1, -0.05) is 26.2 Å². The van der Waals surface area contributed by atoms with Crippen LogP contribution in [0.5, 0.6) is 0 Å². The third kappa shape index (κ3) is 4.00. The molecule has 33 heavy (non-hydrogen) atoms. The number of amides is 3. The molecule has 2 aliphatic rings. The van der Waals surface area contributed by atoms with Crippen molar-refractivity contribution in [2.24, 2.45) is 0 Å². The van der Waals surface area contributed by atoms with Crippen LogP contribution in [0.3, 0.4) is 0 Å². The first-order valence-electron chi connectivity index (χ1n) is 11.9. The summed E-state index contributed by atoms with van der Waals surface area (Å²) in [5.74, 6) is -1.31. The van der Waals surface area contributed by atoms with Crippen molar-refractivity contribution in [2.75, 3.05) is 5.32 Å². The van der Waals surface area contributed by atoms with Crippen LogP contribution in [-0.4, -0.2) is 44.8 Å². The fourth-order valence-corrected chi connectivity index (χ4v) is 5.38. The molecule has 8 heteroatoms. The van der Waals surface area contributed by atoms with Crippen molar-refractivity contribution in [3.63, 3.8) is 0 Å². The maximum atomic E-state index is 14.1. The van der Waals surface area contributed by atoms with Gasteiger partial charge >= 0.3 is 0 Å². The number of nitrogens with zero attached hydrogens (tertiary/aromatic N) is 2. The van der Waals surface area contributed by atoms with E-state index in [1.54, 1.807) is 15.5 Å². The standard InChI is InChI=1S/C25H33FN4O3/c1-5-15(2)30-23(32)22-21(27-16(3)31)19-13-17(26)11-12-20(19)29(22)14-25(30,4)24(33)28-18-9-7-6-8-10-18/h11-13,15,18H,5-10,14H2,1-4H3,(H,27,31)(H,28,33)/t15-,25+/m1/s1. The lowest BCUT2D eigenvalue weighted by molar-refractivity contribution is -0.135. The Morgan fingerprint density at radius 2 is 1.94 bits per heavy atom. The zero-order valence-electron chi connectivity index (χ0n) is 19.8. The van der Waals surface area contributed by atoms with Crippen LogP contribution in [0.4, 0.5) is 10.1 Å². The Labute approximate surface area is 193 Å². The van der Waals surface area contributed by atoms with Crippen molar-refractivity contribution >= 4 is 34.3 Å². The van der Waals surface area contributed by atoms with Crippen LogP contribution in [0.2, 0.25) is 0 Å². The van der Waals surface area contributed by atoms with Crippen LogP contribution in [0.15, 0.2) is 18.2 Å². The monoisotopic (exact) mass is 456 g/mol. The number of carbonyl (C=O) groups excluding carboxylic acids is 3. The zero-order chi connectivity index (χ0) is 23.9. The van der Waals surface area contributed by atoms with Gasteiger partial charge in [0, 0.05) is 24.4 Å². The fourth-order valence-electron chi connectivity index (χ4n) is 5.38. The lowest BCUT2D eigenvalue weighted by Gasteiger charge is -2.47. The molecule has 2 aromatic rings. The number of hydrogen-bond donors (Lipinski definition) is 2. The Kier molecular flexibility index (Phi) is 6.20. The van der Waals surface area contributed by atoms with Crippen LogP contribution in [0.1, 0.15) is 76.7 Å². The van der Waals surface area contributed by atoms with Gasteiger partial charge in [-0.3, -0.25) is 14.4 Å². The molecule has 1 aliphatic heterocycles. The van der Waals surface area contributed by atoms with Crippen molar-refractivity contribution < 1.29 is 18.8 Å². The molecule has 1 aromatic heterocycles. The molecule has 1 fully saturated rings. The minimum Gasteiger partial charge on any atom is -0.351 e. The minimum atomic E-state index is -1.12. The summed E-state index contributed by atoms with van der Waals surface area (Å²) in [5, 5.41) is 6.40. The lowest BCUT2D eigenvalue weighted by atomic mass is 9.90. The molecule has 1 saturated carbocycles. The number of hydrogen-bond acceptors (Lipinski definition) is 3. The maximum Gasteiger partial charge on any atom is 0.273 e. The number of halogens is 1. The summed E-state index contributed by atoms with van der Waals surface area (Å²) in [6, 6.07) is 4.17. The highest BCUT2D eigenvalue weighted by molar-refractivity contribution is 6.14. The Morgan fingerprint density at radius 1 is 1.24 bits per heavy atom. The molecule has 1 aliphatic carbocycles. The lowest BCUT2D eigenvalue weighted by Crippen LogP contribution is -2.67. The van der Waals surface area contributed by atoms with Gasteiger partial charge in [-0.25, -0.2) is 4.39 Å². The predicted molar refractivity (Wildman–Crippen MR) is 126 cm³/mol. The van der Waals surface area contributed by atoms with E-state index in [-0.39, 0.29) is 42.0 Å². The largest absolute Gasteiger partial charge is 0.351 e. The molecule has 0 unspecified atom stereocenters. The number of benzene rings is 1. The highest BCUT2D eigenvalue weighted by Gasteiger charge is 2.50. The van der Waals surface area contributed by atoms with Gasteiger partial charge in [0.05, 0.1) is 17.7 Å². The molecule has 7 nitrogen and oxygen atoms in total. The summed E-state index contributed by atoms with van der Waals surface area (Å²) in [6.07, 6.45) is 5.93. The Balaban J connectivity index is 1.85. The number of anilines is 1. The van der Waals surface area contributed by atoms with Gasteiger partial charge in [0.1, 0.15) is 17.1 Å². The van der Waals surface area contributed by atoms with E-state index in [9.17, 15) is 18.8 Å². The SMILES string of the molecule is CC[C@@H](C)N1C(=O)c2c(NC(C)=O)c3cc(F)ccc3n2C[C@@]1(C)C(=O)NC1CCCCC1. The molecule has 1 aromatic carbocycles. The number of carbonyl (C=O) groups is 3. The Bertz CT molecular complexity index is 1100. The van der Waals surface area contributed by atoms with Crippen LogP contribution in [0.25, 0.3) is 10.9 Å². The zero-order valence-corrected chi connectivity index (χ0v) is 19.8. The number of rotatable bonds is 5. The van der Waals surface area contributed by atoms with Crippen LogP contribution in [-0.2, 0) is 16.1 Å². The van der Waals surface area contributed by atoms with E-state index in [0.717, 1.165) is 25.7 Å². The first kappa shape index (κ1) is 23.3. The third-order valence-corrected chi connectivity index (χ3v) is 7.21. The highest BCUT2D eigenvalue weighted by atomic mass is 19.1. The maximum absolute atomic E-state index is 14.1. The fraction of sp³-hybridized carbons (Fsp3) is 0.560. The van der Waals surface area contributed by atoms with E-state index in [2.05, 4.69) is 10.6 Å². The summed E-state index contributed by atoms with van der Waals surface area (Å²) in [7, 11) is 0. The topological polar surface area (TPSA) is 83.4 Å². The van der Waals surface area contributed by atoms with E-state index >= 15 is 0 Å². The second kappa shape index (κ2) is 8.80. The molecule has 2 heterocycles. The number of fused-ring (bicyclic) bond motifs is 3. The van der Waals surface area contributed by atoms with Crippen molar-refractivity contribution in [1.29, 1.82) is 0 Å². The normalized spacial score (nSPS) is 22.2. The van der Waals surface area contributed by atoms with E-state index in [0.29, 0.717) is 23.0 Å². The van der Waals surface area contributed by atoms with E-state index in [4.69, 9.17) is 0 Å². The minimum absolute atomic E-state index is 0.115. The van der Waals surface area contributed by atoms with Gasteiger partial charge < -0.3 is 20.1 Å². The van der Waals surface area contributed by atoms with E-state index in [1.807, 2.05) is 20.8 Å². The van der Waals surface area contributed by atoms with Gasteiger partial charge in [0.2, 0.25) is 11.8 Å². The van der Waals surface area contributed by atoms with Crippen LogP contribution < -0.4 is 10.6 Å². The molecular formula is C25H33FN4O3. The van der Waals surface area contributed by atoms with Gasteiger partial charge in [-0.2, -0.15) is 0 Å². The first-order chi connectivity index (χ1) is 15.7. The molecule has 0 spiro atoms. The average molecular weight is 457 g/mol. The highest BCUT2D eigenvalue weighted by Crippen LogP contribution is 2.40. The van der Waals surface area contributed by atoms with Gasteiger partial charge in [-0.05, 0) is 51.3 Å². The quantitative estimate of drug-likeness (QED) is 0.707. The van der Waals surface area contributed by atoms with Crippen molar-refractivity contribution in [1.82, 2.24) is 14.8 Å². The van der Waals surface area contributed by atoms with Crippen molar-refractivity contribution in [3.8, 4) is 0 Å². The number of aromatic nitrogens is 1. The van der Waals surface area contributed by atoms with Crippen LogP contribution in [0, 0.1) is 5.82 Å². The molecule has 0 bridgehead atoms. The summed E-state index contributed by atoms with van der Waals surface area (Å²) in [5.41, 5.74) is 0.0770. The molecule has 0 radical (unpaired) electrons. The average Bonchev–Trinajstić information content (AvgIpc) is 3.06. The summed E-state index contributed by atoms with van der Waals surface area (Å²) < 4.78 is 15.9. The third-order valence-electron chi connectivity index (χ3n) is 7.21. The summed E-state index contributed by atoms with van der Waals surface area (Å²) >= 11 is 0. The van der Waals surface area contributed by atoms with Crippen molar-refractivity contribution in [2.45, 2.75) is 90.4 Å². The van der Waals surface area contributed by atoms with E-state index in [1.165, 1.54) is 25.5 Å². The Hall–Kier alpha value is -2.90. The molecular weight excluding hydrogens is 423 g/mol. The van der Waals surface area contributed by atoms with Gasteiger partial charge in [-0.15, -0.1) is 0 Å².